The zero-order chi connectivity index (χ0) is 19.9. The number of nitrogens with one attached hydrogen (secondary N) is 1. The number of carbonyl (C=O) groups is 1. The molecule has 1 N–H and O–H groups in total. The number of piperidine rings is 1. The third kappa shape index (κ3) is 4.87. The summed E-state index contributed by atoms with van der Waals surface area (Å²) >= 11 is 0. The van der Waals surface area contributed by atoms with Crippen LogP contribution in [0.15, 0.2) is 34.7 Å². The number of likely N-dealkylation sites (tertiary alicyclic amines) is 1. The summed E-state index contributed by atoms with van der Waals surface area (Å²) in [5.41, 5.74) is 0.497. The second-order valence-corrected chi connectivity index (χ2v) is 7.22. The number of amides is 1. The molecule has 1 fully saturated rings. The van der Waals surface area contributed by atoms with Crippen LogP contribution in [0.5, 0.6) is 11.5 Å². The number of aryl methyl sites for hydroxylation is 1. The minimum Gasteiger partial charge on any atom is -0.493 e. The molecule has 1 aliphatic rings. The summed E-state index contributed by atoms with van der Waals surface area (Å²) in [6.45, 7) is 5.59. The summed E-state index contributed by atoms with van der Waals surface area (Å²) in [4.78, 5) is 15.1. The van der Waals surface area contributed by atoms with E-state index in [0.717, 1.165) is 50.4 Å². The number of methoxy groups -OCH3 is 2. The average molecular weight is 386 g/mol. The number of benzene rings is 1. The van der Waals surface area contributed by atoms with Crippen LogP contribution in [0.1, 0.15) is 41.6 Å². The Hall–Kier alpha value is -2.47. The van der Waals surface area contributed by atoms with Gasteiger partial charge in [-0.25, -0.2) is 0 Å². The topological polar surface area (TPSA) is 63.9 Å². The summed E-state index contributed by atoms with van der Waals surface area (Å²) in [7, 11) is 3.12. The van der Waals surface area contributed by atoms with E-state index >= 15 is 0 Å². The Morgan fingerprint density at radius 1 is 1.21 bits per heavy atom. The second-order valence-electron chi connectivity index (χ2n) is 7.22. The summed E-state index contributed by atoms with van der Waals surface area (Å²) in [5.74, 6) is 3.37. The number of carbonyl (C=O) groups excluding carboxylic acids is 1. The van der Waals surface area contributed by atoms with Crippen LogP contribution in [0.25, 0.3) is 0 Å². The second kappa shape index (κ2) is 9.64. The first kappa shape index (κ1) is 20.3. The Labute approximate surface area is 166 Å². The lowest BCUT2D eigenvalue weighted by Gasteiger charge is -2.32. The van der Waals surface area contributed by atoms with Crippen LogP contribution < -0.4 is 14.8 Å². The van der Waals surface area contributed by atoms with Crippen LogP contribution in [0.2, 0.25) is 0 Å². The van der Waals surface area contributed by atoms with Gasteiger partial charge in [-0.15, -0.1) is 0 Å². The van der Waals surface area contributed by atoms with Crippen LogP contribution >= 0.6 is 0 Å². The molecule has 0 aliphatic carbocycles. The Bertz CT molecular complexity index is 787. The number of ether oxygens (including phenoxy) is 2. The molecule has 6 nitrogen and oxygen atoms in total. The van der Waals surface area contributed by atoms with Crippen molar-refractivity contribution in [2.24, 2.45) is 5.92 Å². The zero-order valence-corrected chi connectivity index (χ0v) is 17.0. The van der Waals surface area contributed by atoms with E-state index in [4.69, 9.17) is 13.9 Å². The van der Waals surface area contributed by atoms with Crippen molar-refractivity contribution in [1.82, 2.24) is 10.2 Å². The van der Waals surface area contributed by atoms with Crippen LogP contribution in [0.4, 0.5) is 0 Å². The van der Waals surface area contributed by atoms with Crippen LogP contribution in [0, 0.1) is 5.92 Å². The minimum atomic E-state index is -0.133. The highest BCUT2D eigenvalue weighted by atomic mass is 16.5. The fourth-order valence-corrected chi connectivity index (χ4v) is 3.78. The lowest BCUT2D eigenvalue weighted by atomic mass is 9.97. The molecule has 28 heavy (non-hydrogen) atoms. The van der Waals surface area contributed by atoms with Crippen molar-refractivity contribution in [2.75, 3.05) is 33.9 Å². The van der Waals surface area contributed by atoms with Gasteiger partial charge in [-0.3, -0.25) is 9.69 Å². The van der Waals surface area contributed by atoms with Gasteiger partial charge >= 0.3 is 0 Å². The maximum Gasteiger partial charge on any atom is 0.255 e. The summed E-state index contributed by atoms with van der Waals surface area (Å²) in [6.07, 6.45) is 3.16. The number of nitrogens with zero attached hydrogens (tertiary/aromatic N) is 1. The van der Waals surface area contributed by atoms with E-state index in [2.05, 4.69) is 29.3 Å². The van der Waals surface area contributed by atoms with E-state index in [-0.39, 0.29) is 5.91 Å². The third-order valence-corrected chi connectivity index (χ3v) is 5.25. The fraction of sp³-hybridized carbons (Fsp3) is 0.500. The van der Waals surface area contributed by atoms with Crippen molar-refractivity contribution < 1.29 is 18.7 Å². The predicted octanol–water partition coefficient (Wildman–Crippen LogP) is 3.50. The van der Waals surface area contributed by atoms with E-state index in [1.165, 1.54) is 0 Å². The molecule has 1 aromatic heterocycles. The smallest absolute Gasteiger partial charge is 0.255 e. The Morgan fingerprint density at radius 2 is 2.04 bits per heavy atom. The SMILES string of the molecule is CCc1ccc(CN2CCC[C@@H](CNC(=O)c3cccc(OC)c3OC)C2)o1. The van der Waals surface area contributed by atoms with Crippen LogP contribution in [-0.4, -0.2) is 44.7 Å². The van der Waals surface area contributed by atoms with Gasteiger partial charge in [0.15, 0.2) is 11.5 Å². The Morgan fingerprint density at radius 3 is 2.75 bits per heavy atom. The zero-order valence-electron chi connectivity index (χ0n) is 17.0. The first-order chi connectivity index (χ1) is 13.6. The average Bonchev–Trinajstić information content (AvgIpc) is 3.19. The molecular weight excluding hydrogens is 356 g/mol. The first-order valence-corrected chi connectivity index (χ1v) is 9.93. The molecule has 1 aromatic carbocycles. The molecule has 1 saturated heterocycles. The molecule has 0 spiro atoms. The molecule has 1 aliphatic heterocycles. The lowest BCUT2D eigenvalue weighted by Crippen LogP contribution is -2.40. The number of para-hydroxylation sites is 1. The van der Waals surface area contributed by atoms with Crippen molar-refractivity contribution in [3.63, 3.8) is 0 Å². The molecule has 152 valence electrons. The van der Waals surface area contributed by atoms with E-state index in [0.29, 0.717) is 29.5 Å². The highest BCUT2D eigenvalue weighted by molar-refractivity contribution is 5.97. The fourth-order valence-electron chi connectivity index (χ4n) is 3.78. The largest absolute Gasteiger partial charge is 0.493 e. The van der Waals surface area contributed by atoms with Crippen molar-refractivity contribution in [3.05, 3.63) is 47.4 Å². The van der Waals surface area contributed by atoms with E-state index in [9.17, 15) is 4.79 Å². The molecule has 6 heteroatoms. The van der Waals surface area contributed by atoms with Gasteiger partial charge in [0.25, 0.3) is 5.91 Å². The third-order valence-electron chi connectivity index (χ3n) is 5.25. The highest BCUT2D eigenvalue weighted by Gasteiger charge is 2.23. The van der Waals surface area contributed by atoms with Gasteiger partial charge in [-0.2, -0.15) is 0 Å². The highest BCUT2D eigenvalue weighted by Crippen LogP contribution is 2.30. The number of furan rings is 1. The van der Waals surface area contributed by atoms with E-state index < -0.39 is 0 Å². The molecule has 3 rings (SSSR count). The van der Waals surface area contributed by atoms with Gasteiger partial charge in [0.2, 0.25) is 0 Å². The molecule has 0 bridgehead atoms. The molecule has 1 amide bonds. The van der Waals surface area contributed by atoms with Gasteiger partial charge in [0.1, 0.15) is 11.5 Å². The molecule has 2 heterocycles. The maximum atomic E-state index is 12.7. The summed E-state index contributed by atoms with van der Waals surface area (Å²) in [5, 5.41) is 3.07. The monoisotopic (exact) mass is 386 g/mol. The number of hydrogen-bond donors (Lipinski definition) is 1. The van der Waals surface area contributed by atoms with E-state index in [1.54, 1.807) is 32.4 Å². The molecule has 1 atom stereocenters. The van der Waals surface area contributed by atoms with Crippen molar-refractivity contribution in [3.8, 4) is 11.5 Å². The van der Waals surface area contributed by atoms with Crippen LogP contribution in [0.3, 0.4) is 0 Å². The molecular formula is C22H30N2O4. The van der Waals surface area contributed by atoms with Crippen LogP contribution in [-0.2, 0) is 13.0 Å². The number of rotatable bonds is 8. The predicted molar refractivity (Wildman–Crippen MR) is 108 cm³/mol. The maximum absolute atomic E-state index is 12.7. The van der Waals surface area contributed by atoms with Crippen molar-refractivity contribution >= 4 is 5.91 Å². The standard InChI is InChI=1S/C22H30N2O4/c1-4-17-10-11-18(28-17)15-24-12-6-7-16(14-24)13-23-22(25)19-8-5-9-20(26-2)21(19)27-3/h5,8-11,16H,4,6-7,12-15H2,1-3H3,(H,23,25)/t16-/m0/s1. The minimum absolute atomic E-state index is 0.133. The Balaban J connectivity index is 1.55. The summed E-state index contributed by atoms with van der Waals surface area (Å²) in [6, 6.07) is 9.46. The molecule has 0 unspecified atom stereocenters. The Kier molecular flexibility index (Phi) is 6.98. The van der Waals surface area contributed by atoms with Crippen molar-refractivity contribution in [2.45, 2.75) is 32.7 Å². The molecule has 2 aromatic rings. The quantitative estimate of drug-likeness (QED) is 0.752. The van der Waals surface area contributed by atoms with Gasteiger partial charge in [-0.1, -0.05) is 13.0 Å². The van der Waals surface area contributed by atoms with E-state index in [1.807, 2.05) is 0 Å². The lowest BCUT2D eigenvalue weighted by molar-refractivity contribution is 0.0924. The number of hydrogen-bond acceptors (Lipinski definition) is 5. The first-order valence-electron chi connectivity index (χ1n) is 9.93. The van der Waals surface area contributed by atoms with Crippen molar-refractivity contribution in [1.29, 1.82) is 0 Å². The van der Waals surface area contributed by atoms with Gasteiger partial charge in [0.05, 0.1) is 26.3 Å². The van der Waals surface area contributed by atoms with Gasteiger partial charge in [-0.05, 0) is 49.6 Å². The van der Waals surface area contributed by atoms with Gasteiger partial charge < -0.3 is 19.2 Å². The molecule has 0 radical (unpaired) electrons. The van der Waals surface area contributed by atoms with Gasteiger partial charge in [0, 0.05) is 19.5 Å². The molecule has 0 saturated carbocycles. The normalized spacial score (nSPS) is 17.3. The summed E-state index contributed by atoms with van der Waals surface area (Å²) < 4.78 is 16.5.